The molecule has 1 N–H and O–H groups in total. The van der Waals surface area contributed by atoms with Gasteiger partial charge in [0.25, 0.3) is 0 Å². The second-order valence-corrected chi connectivity index (χ2v) is 5.02. The number of carbonyl (C=O) groups excluding carboxylic acids is 1. The van der Waals surface area contributed by atoms with Crippen LogP contribution in [0.1, 0.15) is 18.1 Å². The van der Waals surface area contributed by atoms with Crippen molar-refractivity contribution in [1.29, 1.82) is 0 Å². The van der Waals surface area contributed by atoms with Gasteiger partial charge in [-0.1, -0.05) is 18.2 Å². The van der Waals surface area contributed by atoms with Crippen LogP contribution in [0, 0.1) is 5.82 Å². The molecule has 1 aromatic heterocycles. The molecule has 0 radical (unpaired) electrons. The van der Waals surface area contributed by atoms with Crippen molar-refractivity contribution in [3.8, 4) is 0 Å². The van der Waals surface area contributed by atoms with Crippen LogP contribution in [-0.4, -0.2) is 19.6 Å². The van der Waals surface area contributed by atoms with E-state index in [1.165, 1.54) is 31.8 Å². The third kappa shape index (κ3) is 3.83. The lowest BCUT2D eigenvalue weighted by Gasteiger charge is -2.29. The molecular weight excluding hydrogens is 285 g/mol. The zero-order valence-electron chi connectivity index (χ0n) is 12.5. The van der Waals surface area contributed by atoms with Crippen LogP contribution in [0.4, 0.5) is 4.39 Å². The number of nitrogens with one attached hydrogen (secondary N) is 1. The Kier molecular flexibility index (Phi) is 5.12. The van der Waals surface area contributed by atoms with E-state index in [4.69, 9.17) is 9.15 Å². The van der Waals surface area contributed by atoms with Crippen LogP contribution in [0.25, 0.3) is 6.08 Å². The molecule has 4 nitrogen and oxygen atoms in total. The largest absolute Gasteiger partial charge is 0.472 e. The van der Waals surface area contributed by atoms with Gasteiger partial charge in [0.1, 0.15) is 11.4 Å². The van der Waals surface area contributed by atoms with Crippen LogP contribution >= 0.6 is 0 Å². The first kappa shape index (κ1) is 16.0. The predicted molar refractivity (Wildman–Crippen MR) is 81.5 cm³/mol. The van der Waals surface area contributed by atoms with Gasteiger partial charge in [-0.3, -0.25) is 4.79 Å². The molecule has 0 bridgehead atoms. The van der Waals surface area contributed by atoms with E-state index in [2.05, 4.69) is 5.32 Å². The van der Waals surface area contributed by atoms with Crippen LogP contribution in [-0.2, 0) is 15.1 Å². The van der Waals surface area contributed by atoms with Gasteiger partial charge in [-0.2, -0.15) is 0 Å². The second-order valence-electron chi connectivity index (χ2n) is 5.02. The number of ether oxygens (including phenoxy) is 1. The monoisotopic (exact) mass is 303 g/mol. The molecule has 116 valence electrons. The van der Waals surface area contributed by atoms with E-state index in [0.717, 1.165) is 5.56 Å². The van der Waals surface area contributed by atoms with E-state index in [9.17, 15) is 9.18 Å². The zero-order valence-corrected chi connectivity index (χ0v) is 12.5. The Morgan fingerprint density at radius 1 is 1.41 bits per heavy atom. The molecule has 1 heterocycles. The summed E-state index contributed by atoms with van der Waals surface area (Å²) in [5, 5.41) is 2.71. The SMILES string of the molecule is COC(C)(CNC(=O)/C=C/c1ccoc1)c1ccccc1F. The molecular formula is C17H18FNO3. The molecule has 0 aliphatic carbocycles. The maximum atomic E-state index is 13.9. The molecule has 1 atom stereocenters. The lowest BCUT2D eigenvalue weighted by Crippen LogP contribution is -2.40. The minimum Gasteiger partial charge on any atom is -0.472 e. The fourth-order valence-electron chi connectivity index (χ4n) is 2.02. The number of hydrogen-bond acceptors (Lipinski definition) is 3. The van der Waals surface area contributed by atoms with Gasteiger partial charge in [0, 0.05) is 24.3 Å². The number of carbonyl (C=O) groups is 1. The number of benzene rings is 1. The Balaban J connectivity index is 2.01. The van der Waals surface area contributed by atoms with Crippen molar-refractivity contribution in [2.24, 2.45) is 0 Å². The van der Waals surface area contributed by atoms with E-state index in [0.29, 0.717) is 5.56 Å². The van der Waals surface area contributed by atoms with Crippen molar-refractivity contribution in [2.75, 3.05) is 13.7 Å². The molecule has 0 saturated carbocycles. The molecule has 0 aliphatic heterocycles. The van der Waals surface area contributed by atoms with Crippen LogP contribution in [0.3, 0.4) is 0 Å². The minimum absolute atomic E-state index is 0.152. The van der Waals surface area contributed by atoms with Crippen molar-refractivity contribution in [3.63, 3.8) is 0 Å². The Labute approximate surface area is 128 Å². The van der Waals surface area contributed by atoms with Gasteiger partial charge < -0.3 is 14.5 Å². The number of hydrogen-bond donors (Lipinski definition) is 1. The number of amides is 1. The molecule has 0 saturated heterocycles. The molecule has 1 amide bonds. The summed E-state index contributed by atoms with van der Waals surface area (Å²) in [7, 11) is 1.49. The molecule has 2 rings (SSSR count). The molecule has 2 aromatic rings. The molecule has 5 heteroatoms. The van der Waals surface area contributed by atoms with Crippen LogP contribution in [0.2, 0.25) is 0 Å². The van der Waals surface area contributed by atoms with Gasteiger partial charge in [-0.05, 0) is 25.1 Å². The second kappa shape index (κ2) is 7.04. The quantitative estimate of drug-likeness (QED) is 0.834. The molecule has 1 unspecified atom stereocenters. The number of furan rings is 1. The first-order valence-electron chi connectivity index (χ1n) is 6.83. The van der Waals surface area contributed by atoms with Crippen LogP contribution in [0.15, 0.2) is 53.4 Å². The summed E-state index contributed by atoms with van der Waals surface area (Å²) in [6.07, 6.45) is 6.08. The minimum atomic E-state index is -0.940. The van der Waals surface area contributed by atoms with E-state index in [1.54, 1.807) is 37.3 Å². The van der Waals surface area contributed by atoms with Crippen LogP contribution in [0.5, 0.6) is 0 Å². The van der Waals surface area contributed by atoms with Gasteiger partial charge in [-0.25, -0.2) is 4.39 Å². The standard InChI is InChI=1S/C17H18FNO3/c1-17(21-2,14-5-3-4-6-15(14)18)12-19-16(20)8-7-13-9-10-22-11-13/h3-11H,12H2,1-2H3,(H,19,20)/b8-7+. The highest BCUT2D eigenvalue weighted by molar-refractivity contribution is 5.91. The van der Waals surface area contributed by atoms with E-state index in [-0.39, 0.29) is 18.3 Å². The maximum Gasteiger partial charge on any atom is 0.244 e. The Morgan fingerprint density at radius 3 is 2.82 bits per heavy atom. The third-order valence-electron chi connectivity index (χ3n) is 3.46. The summed E-state index contributed by atoms with van der Waals surface area (Å²) in [4.78, 5) is 11.8. The van der Waals surface area contributed by atoms with Gasteiger partial charge in [0.2, 0.25) is 5.91 Å². The lowest BCUT2D eigenvalue weighted by atomic mass is 9.95. The Bertz CT molecular complexity index is 652. The molecule has 0 fully saturated rings. The van der Waals surface area contributed by atoms with Crippen molar-refractivity contribution in [1.82, 2.24) is 5.32 Å². The lowest BCUT2D eigenvalue weighted by molar-refractivity contribution is -0.118. The van der Waals surface area contributed by atoms with Crippen molar-refractivity contribution in [2.45, 2.75) is 12.5 Å². The summed E-state index contributed by atoms with van der Waals surface area (Å²) in [5.41, 5.74) is 0.250. The highest BCUT2D eigenvalue weighted by Gasteiger charge is 2.29. The van der Waals surface area contributed by atoms with E-state index in [1.807, 2.05) is 0 Å². The molecule has 1 aromatic carbocycles. The first-order chi connectivity index (χ1) is 10.5. The normalized spacial score (nSPS) is 14.0. The van der Waals surface area contributed by atoms with Gasteiger partial charge in [0.15, 0.2) is 0 Å². The first-order valence-corrected chi connectivity index (χ1v) is 6.83. The Hall–Kier alpha value is -2.40. The molecule has 0 spiro atoms. The van der Waals surface area contributed by atoms with Crippen LogP contribution < -0.4 is 5.32 Å². The number of rotatable bonds is 6. The van der Waals surface area contributed by atoms with Crippen molar-refractivity contribution in [3.05, 3.63) is 65.9 Å². The van der Waals surface area contributed by atoms with Crippen molar-refractivity contribution < 1.29 is 18.3 Å². The summed E-state index contributed by atoms with van der Waals surface area (Å²) in [6.45, 7) is 1.88. The maximum absolute atomic E-state index is 13.9. The summed E-state index contributed by atoms with van der Waals surface area (Å²) in [5.74, 6) is -0.657. The third-order valence-corrected chi connectivity index (χ3v) is 3.46. The highest BCUT2D eigenvalue weighted by Crippen LogP contribution is 2.26. The smallest absolute Gasteiger partial charge is 0.244 e. The molecule has 0 aliphatic rings. The average molecular weight is 303 g/mol. The fourth-order valence-corrected chi connectivity index (χ4v) is 2.02. The van der Waals surface area contributed by atoms with Gasteiger partial charge in [0.05, 0.1) is 19.1 Å². The number of methoxy groups -OCH3 is 1. The highest BCUT2D eigenvalue weighted by atomic mass is 19.1. The number of halogens is 1. The van der Waals surface area contributed by atoms with E-state index < -0.39 is 5.60 Å². The topological polar surface area (TPSA) is 51.5 Å². The predicted octanol–water partition coefficient (Wildman–Crippen LogP) is 3.11. The molecule has 22 heavy (non-hydrogen) atoms. The van der Waals surface area contributed by atoms with Gasteiger partial charge in [-0.15, -0.1) is 0 Å². The zero-order chi connectivity index (χ0) is 16.0. The summed E-state index contributed by atoms with van der Waals surface area (Å²) >= 11 is 0. The Morgan fingerprint density at radius 2 is 2.18 bits per heavy atom. The van der Waals surface area contributed by atoms with E-state index >= 15 is 0 Å². The fraction of sp³-hybridized carbons (Fsp3) is 0.235. The van der Waals surface area contributed by atoms with Crippen molar-refractivity contribution >= 4 is 12.0 Å². The average Bonchev–Trinajstić information content (AvgIpc) is 3.04. The summed E-state index contributed by atoms with van der Waals surface area (Å²) < 4.78 is 24.2. The summed E-state index contributed by atoms with van der Waals surface area (Å²) in [6, 6.07) is 8.10. The van der Waals surface area contributed by atoms with Gasteiger partial charge >= 0.3 is 0 Å².